The zero-order valence-electron chi connectivity index (χ0n) is 11.9. The Morgan fingerprint density at radius 1 is 0.950 bits per heavy atom. The summed E-state index contributed by atoms with van der Waals surface area (Å²) in [5, 5.41) is 0. The van der Waals surface area contributed by atoms with Gasteiger partial charge in [0, 0.05) is 16.6 Å². The maximum atomic E-state index is 13.0. The highest BCUT2D eigenvalue weighted by Crippen LogP contribution is 2.33. The average molecular weight is 336 g/mol. The molecular formula is C17H22BrNO. The van der Waals surface area contributed by atoms with Gasteiger partial charge in [0.05, 0.1) is 5.56 Å². The summed E-state index contributed by atoms with van der Waals surface area (Å²) in [6.45, 7) is 0. The van der Waals surface area contributed by atoms with Crippen LogP contribution in [0.25, 0.3) is 0 Å². The van der Waals surface area contributed by atoms with Crippen LogP contribution >= 0.6 is 15.9 Å². The molecule has 0 aromatic heterocycles. The van der Waals surface area contributed by atoms with Crippen molar-refractivity contribution in [2.75, 3.05) is 0 Å². The van der Waals surface area contributed by atoms with Gasteiger partial charge < -0.3 is 4.90 Å². The Balaban J connectivity index is 1.88. The molecule has 20 heavy (non-hydrogen) atoms. The first-order chi connectivity index (χ1) is 9.77. The summed E-state index contributed by atoms with van der Waals surface area (Å²) in [4.78, 5) is 15.3. The Bertz CT molecular complexity index is 460. The fraction of sp³-hybridized carbons (Fsp3) is 0.588. The molecule has 3 rings (SSSR count). The summed E-state index contributed by atoms with van der Waals surface area (Å²) in [7, 11) is 0. The molecule has 0 unspecified atom stereocenters. The number of carbonyl (C=O) groups is 1. The van der Waals surface area contributed by atoms with Gasteiger partial charge in [-0.2, -0.15) is 0 Å². The third-order valence-electron chi connectivity index (χ3n) is 4.77. The number of halogens is 1. The van der Waals surface area contributed by atoms with Crippen molar-refractivity contribution >= 4 is 21.8 Å². The summed E-state index contributed by atoms with van der Waals surface area (Å²) >= 11 is 3.53. The zero-order chi connectivity index (χ0) is 13.9. The lowest BCUT2D eigenvalue weighted by Gasteiger charge is -2.35. The number of benzene rings is 1. The van der Waals surface area contributed by atoms with E-state index in [-0.39, 0.29) is 5.91 Å². The number of hydrogen-bond donors (Lipinski definition) is 0. The maximum Gasteiger partial charge on any atom is 0.255 e. The monoisotopic (exact) mass is 335 g/mol. The normalized spacial score (nSPS) is 20.4. The van der Waals surface area contributed by atoms with Crippen LogP contribution in [0.15, 0.2) is 28.7 Å². The van der Waals surface area contributed by atoms with Gasteiger partial charge in [-0.05, 0) is 53.7 Å². The SMILES string of the molecule is O=C(c1ccccc1Br)N(C1CCCC1)C1CCCC1. The van der Waals surface area contributed by atoms with E-state index in [9.17, 15) is 4.79 Å². The van der Waals surface area contributed by atoms with E-state index < -0.39 is 0 Å². The summed E-state index contributed by atoms with van der Waals surface area (Å²) in [6, 6.07) is 8.78. The fourth-order valence-corrected chi connectivity index (χ4v) is 4.22. The van der Waals surface area contributed by atoms with E-state index in [1.165, 1.54) is 51.4 Å². The molecule has 2 fully saturated rings. The molecule has 2 nitrogen and oxygen atoms in total. The standard InChI is InChI=1S/C17H22BrNO/c18-16-12-6-5-11-15(16)17(20)19(13-7-1-2-8-13)14-9-3-4-10-14/h5-6,11-14H,1-4,7-10H2. The summed E-state index contributed by atoms with van der Waals surface area (Å²) in [5.74, 6) is 0.233. The Morgan fingerprint density at radius 2 is 1.45 bits per heavy atom. The van der Waals surface area contributed by atoms with E-state index in [1.807, 2.05) is 24.3 Å². The van der Waals surface area contributed by atoms with Crippen molar-refractivity contribution in [3.05, 3.63) is 34.3 Å². The molecule has 3 heteroatoms. The van der Waals surface area contributed by atoms with Gasteiger partial charge in [0.2, 0.25) is 0 Å². The first-order valence-corrected chi connectivity index (χ1v) is 8.64. The predicted octanol–water partition coefficient (Wildman–Crippen LogP) is 4.78. The van der Waals surface area contributed by atoms with Gasteiger partial charge in [0.25, 0.3) is 5.91 Å². The van der Waals surface area contributed by atoms with Gasteiger partial charge in [-0.1, -0.05) is 37.8 Å². The van der Waals surface area contributed by atoms with Gasteiger partial charge in [0.1, 0.15) is 0 Å². The van der Waals surface area contributed by atoms with Crippen LogP contribution < -0.4 is 0 Å². The van der Waals surface area contributed by atoms with Gasteiger partial charge in [-0.15, -0.1) is 0 Å². The molecule has 1 aromatic rings. The Kier molecular flexibility index (Phi) is 4.45. The molecule has 2 saturated carbocycles. The molecule has 0 bridgehead atoms. The first-order valence-electron chi connectivity index (χ1n) is 7.84. The topological polar surface area (TPSA) is 20.3 Å². The van der Waals surface area contributed by atoms with Crippen LogP contribution in [0.2, 0.25) is 0 Å². The molecule has 2 aliphatic rings. The minimum absolute atomic E-state index is 0.233. The molecule has 1 aromatic carbocycles. The third kappa shape index (κ3) is 2.78. The molecule has 0 spiro atoms. The van der Waals surface area contributed by atoms with Gasteiger partial charge in [-0.3, -0.25) is 4.79 Å². The molecule has 0 aliphatic heterocycles. The molecule has 0 radical (unpaired) electrons. The number of amides is 1. The lowest BCUT2D eigenvalue weighted by molar-refractivity contribution is 0.0579. The molecule has 0 saturated heterocycles. The van der Waals surface area contributed by atoms with Gasteiger partial charge in [0.15, 0.2) is 0 Å². The van der Waals surface area contributed by atoms with Crippen molar-refractivity contribution in [3.63, 3.8) is 0 Å². The van der Waals surface area contributed by atoms with E-state index in [2.05, 4.69) is 20.8 Å². The summed E-state index contributed by atoms with van der Waals surface area (Å²) < 4.78 is 0.922. The lowest BCUT2D eigenvalue weighted by Crippen LogP contribution is -2.45. The molecule has 2 aliphatic carbocycles. The van der Waals surface area contributed by atoms with Crippen molar-refractivity contribution in [3.8, 4) is 0 Å². The number of rotatable bonds is 3. The van der Waals surface area contributed by atoms with Crippen molar-refractivity contribution in [2.45, 2.75) is 63.5 Å². The van der Waals surface area contributed by atoms with E-state index in [0.717, 1.165) is 10.0 Å². The summed E-state index contributed by atoms with van der Waals surface area (Å²) in [5.41, 5.74) is 0.825. The largest absolute Gasteiger partial charge is 0.333 e. The van der Waals surface area contributed by atoms with Crippen molar-refractivity contribution in [1.29, 1.82) is 0 Å². The predicted molar refractivity (Wildman–Crippen MR) is 84.8 cm³/mol. The molecule has 1 amide bonds. The van der Waals surface area contributed by atoms with Gasteiger partial charge in [-0.25, -0.2) is 0 Å². The van der Waals surface area contributed by atoms with Crippen molar-refractivity contribution in [2.24, 2.45) is 0 Å². The number of carbonyl (C=O) groups excluding carboxylic acids is 1. The lowest BCUT2D eigenvalue weighted by atomic mass is 10.1. The molecule has 108 valence electrons. The maximum absolute atomic E-state index is 13.0. The molecule has 0 heterocycles. The van der Waals surface area contributed by atoms with Gasteiger partial charge >= 0.3 is 0 Å². The Labute approximate surface area is 129 Å². The number of nitrogens with zero attached hydrogens (tertiary/aromatic N) is 1. The minimum atomic E-state index is 0.233. The van der Waals surface area contributed by atoms with Crippen molar-refractivity contribution < 1.29 is 4.79 Å². The second-order valence-corrected chi connectivity index (χ2v) is 6.92. The van der Waals surface area contributed by atoms with Crippen LogP contribution in [0.4, 0.5) is 0 Å². The van der Waals surface area contributed by atoms with E-state index in [1.54, 1.807) is 0 Å². The van der Waals surface area contributed by atoms with Crippen LogP contribution in [-0.4, -0.2) is 22.9 Å². The molecule has 0 atom stereocenters. The second kappa shape index (κ2) is 6.30. The highest BCUT2D eigenvalue weighted by Gasteiger charge is 2.34. The first kappa shape index (κ1) is 14.1. The van der Waals surface area contributed by atoms with Crippen LogP contribution in [0.1, 0.15) is 61.7 Å². The van der Waals surface area contributed by atoms with Crippen molar-refractivity contribution in [1.82, 2.24) is 4.90 Å². The van der Waals surface area contributed by atoms with Crippen LogP contribution in [0.5, 0.6) is 0 Å². The second-order valence-electron chi connectivity index (χ2n) is 6.07. The van der Waals surface area contributed by atoms with E-state index >= 15 is 0 Å². The van der Waals surface area contributed by atoms with Crippen LogP contribution in [0.3, 0.4) is 0 Å². The average Bonchev–Trinajstić information content (AvgIpc) is 3.13. The number of hydrogen-bond acceptors (Lipinski definition) is 1. The Morgan fingerprint density at radius 3 is 1.95 bits per heavy atom. The van der Waals surface area contributed by atoms with E-state index in [4.69, 9.17) is 0 Å². The highest BCUT2D eigenvalue weighted by molar-refractivity contribution is 9.10. The highest BCUT2D eigenvalue weighted by atomic mass is 79.9. The smallest absolute Gasteiger partial charge is 0.255 e. The van der Waals surface area contributed by atoms with E-state index in [0.29, 0.717) is 12.1 Å². The summed E-state index contributed by atoms with van der Waals surface area (Å²) in [6.07, 6.45) is 9.85. The molecule has 0 N–H and O–H groups in total. The van der Waals surface area contributed by atoms with Crippen LogP contribution in [0, 0.1) is 0 Å². The fourth-order valence-electron chi connectivity index (χ4n) is 3.77. The minimum Gasteiger partial charge on any atom is -0.333 e. The van der Waals surface area contributed by atoms with Crippen LogP contribution in [-0.2, 0) is 0 Å². The Hall–Kier alpha value is -0.830. The quantitative estimate of drug-likeness (QED) is 0.778. The third-order valence-corrected chi connectivity index (χ3v) is 5.47. The molecular weight excluding hydrogens is 314 g/mol. The zero-order valence-corrected chi connectivity index (χ0v) is 13.4.